The lowest BCUT2D eigenvalue weighted by Crippen LogP contribution is -2.42. The van der Waals surface area contributed by atoms with Crippen molar-refractivity contribution < 1.29 is 17.9 Å². The zero-order chi connectivity index (χ0) is 15.7. The molecule has 2 saturated heterocycles. The fourth-order valence-corrected chi connectivity index (χ4v) is 5.23. The summed E-state index contributed by atoms with van der Waals surface area (Å²) in [7, 11) is -2.23. The summed E-state index contributed by atoms with van der Waals surface area (Å²) in [5.41, 5.74) is 0.349. The number of fused-ring (bicyclic) bond motifs is 2. The summed E-state index contributed by atoms with van der Waals surface area (Å²) in [6.07, 6.45) is 2.67. The number of ether oxygens (including phenoxy) is 1. The number of nitrogens with zero attached hydrogens (tertiary/aromatic N) is 1. The van der Waals surface area contributed by atoms with Crippen LogP contribution in [0, 0.1) is 0 Å². The summed E-state index contributed by atoms with van der Waals surface area (Å²) in [4.78, 5) is 11.7. The summed E-state index contributed by atoms with van der Waals surface area (Å²) in [6.45, 7) is 1.56. The predicted molar refractivity (Wildman–Crippen MR) is 81.1 cm³/mol. The first-order valence-corrected chi connectivity index (χ1v) is 8.90. The molecule has 2 bridgehead atoms. The third-order valence-corrected chi connectivity index (χ3v) is 6.46. The normalized spacial score (nSPS) is 25.7. The standard InChI is InChI=1S/C15H20N2O4S/c1-21-15(18)11-2-6-14(7-3-11)22(19,20)17-12-4-5-13(17)10-16-9-8-12/h2-3,6-7,12-13,16H,4-5,8-10H2,1H3. The van der Waals surface area contributed by atoms with Crippen molar-refractivity contribution in [2.45, 2.75) is 36.2 Å². The van der Waals surface area contributed by atoms with Gasteiger partial charge in [0, 0.05) is 18.6 Å². The molecule has 1 N–H and O–H groups in total. The van der Waals surface area contributed by atoms with Gasteiger partial charge in [-0.25, -0.2) is 13.2 Å². The Morgan fingerprint density at radius 2 is 1.86 bits per heavy atom. The highest BCUT2D eigenvalue weighted by Gasteiger charge is 2.42. The number of carbonyl (C=O) groups excluding carboxylic acids is 1. The first kappa shape index (κ1) is 15.5. The van der Waals surface area contributed by atoms with Gasteiger partial charge in [-0.3, -0.25) is 0 Å². The third kappa shape index (κ3) is 2.64. The van der Waals surface area contributed by atoms with Crippen molar-refractivity contribution in [3.8, 4) is 0 Å². The molecule has 120 valence electrons. The van der Waals surface area contributed by atoms with Crippen molar-refractivity contribution in [1.29, 1.82) is 0 Å². The van der Waals surface area contributed by atoms with Gasteiger partial charge in [-0.15, -0.1) is 0 Å². The Labute approximate surface area is 130 Å². The van der Waals surface area contributed by atoms with Crippen molar-refractivity contribution in [3.05, 3.63) is 29.8 Å². The number of rotatable bonds is 3. The van der Waals surface area contributed by atoms with Gasteiger partial charge in [-0.2, -0.15) is 4.31 Å². The summed E-state index contributed by atoms with van der Waals surface area (Å²) in [5.74, 6) is -0.469. The minimum absolute atomic E-state index is 0.0257. The van der Waals surface area contributed by atoms with Crippen LogP contribution in [0.4, 0.5) is 0 Å². The SMILES string of the molecule is COC(=O)c1ccc(S(=O)(=O)N2C3CCNCC2CC3)cc1. The Balaban J connectivity index is 1.91. The van der Waals surface area contributed by atoms with Crippen LogP contribution in [-0.2, 0) is 14.8 Å². The molecule has 0 aromatic heterocycles. The molecular weight excluding hydrogens is 304 g/mol. The maximum Gasteiger partial charge on any atom is 0.337 e. The molecule has 6 nitrogen and oxygen atoms in total. The number of esters is 1. The van der Waals surface area contributed by atoms with E-state index in [0.717, 1.165) is 25.8 Å². The van der Waals surface area contributed by atoms with Crippen LogP contribution in [0.5, 0.6) is 0 Å². The molecule has 7 heteroatoms. The largest absolute Gasteiger partial charge is 0.465 e. The molecule has 2 aliphatic heterocycles. The molecule has 22 heavy (non-hydrogen) atoms. The van der Waals surface area contributed by atoms with E-state index in [2.05, 4.69) is 10.1 Å². The molecular formula is C15H20N2O4S. The number of hydrogen-bond acceptors (Lipinski definition) is 5. The van der Waals surface area contributed by atoms with E-state index in [4.69, 9.17) is 0 Å². The number of hydrogen-bond donors (Lipinski definition) is 1. The summed E-state index contributed by atoms with van der Waals surface area (Å²) < 4.78 is 32.2. The Bertz CT molecular complexity index is 643. The van der Waals surface area contributed by atoms with Crippen LogP contribution in [0.25, 0.3) is 0 Å². The smallest absolute Gasteiger partial charge is 0.337 e. The Morgan fingerprint density at radius 3 is 2.55 bits per heavy atom. The first-order chi connectivity index (χ1) is 10.5. The number of benzene rings is 1. The van der Waals surface area contributed by atoms with Crippen molar-refractivity contribution in [2.75, 3.05) is 20.2 Å². The van der Waals surface area contributed by atoms with Crippen LogP contribution in [0.2, 0.25) is 0 Å². The van der Waals surface area contributed by atoms with Gasteiger partial charge in [-0.05, 0) is 50.1 Å². The molecule has 2 unspecified atom stereocenters. The topological polar surface area (TPSA) is 75.7 Å². The van der Waals surface area contributed by atoms with Crippen LogP contribution in [0.3, 0.4) is 0 Å². The molecule has 2 fully saturated rings. The highest BCUT2D eigenvalue weighted by atomic mass is 32.2. The van der Waals surface area contributed by atoms with Crippen molar-refractivity contribution in [1.82, 2.24) is 9.62 Å². The van der Waals surface area contributed by atoms with Gasteiger partial charge in [-0.1, -0.05) is 0 Å². The quantitative estimate of drug-likeness (QED) is 0.839. The van der Waals surface area contributed by atoms with Gasteiger partial charge in [0.25, 0.3) is 0 Å². The van der Waals surface area contributed by atoms with Crippen molar-refractivity contribution >= 4 is 16.0 Å². The molecule has 1 aromatic rings. The number of methoxy groups -OCH3 is 1. The van der Waals surface area contributed by atoms with Crippen LogP contribution >= 0.6 is 0 Å². The molecule has 0 radical (unpaired) electrons. The minimum Gasteiger partial charge on any atom is -0.465 e. The van der Waals surface area contributed by atoms with E-state index >= 15 is 0 Å². The average Bonchev–Trinajstić information content (AvgIpc) is 2.80. The Morgan fingerprint density at radius 1 is 1.18 bits per heavy atom. The molecule has 0 saturated carbocycles. The minimum atomic E-state index is -3.53. The average molecular weight is 324 g/mol. The number of carbonyl (C=O) groups is 1. The second kappa shape index (κ2) is 5.98. The zero-order valence-corrected chi connectivity index (χ0v) is 13.3. The first-order valence-electron chi connectivity index (χ1n) is 7.46. The molecule has 2 heterocycles. The number of sulfonamides is 1. The van der Waals surface area contributed by atoms with Gasteiger partial charge in [0.15, 0.2) is 0 Å². The highest BCUT2D eigenvalue weighted by Crippen LogP contribution is 2.33. The second-order valence-electron chi connectivity index (χ2n) is 5.73. The number of nitrogens with one attached hydrogen (secondary N) is 1. The predicted octanol–water partition coefficient (Wildman–Crippen LogP) is 0.988. The second-order valence-corrected chi connectivity index (χ2v) is 7.57. The highest BCUT2D eigenvalue weighted by molar-refractivity contribution is 7.89. The van der Waals surface area contributed by atoms with E-state index in [-0.39, 0.29) is 17.0 Å². The zero-order valence-electron chi connectivity index (χ0n) is 12.5. The molecule has 2 aliphatic rings. The molecule has 0 spiro atoms. The lowest BCUT2D eigenvalue weighted by molar-refractivity contribution is 0.0600. The Kier molecular flexibility index (Phi) is 4.20. The van der Waals surface area contributed by atoms with Gasteiger partial charge in [0.1, 0.15) is 0 Å². The van der Waals surface area contributed by atoms with E-state index < -0.39 is 16.0 Å². The van der Waals surface area contributed by atoms with Crippen molar-refractivity contribution in [2.24, 2.45) is 0 Å². The van der Waals surface area contributed by atoms with Crippen LogP contribution < -0.4 is 5.32 Å². The monoisotopic (exact) mass is 324 g/mol. The van der Waals surface area contributed by atoms with Crippen molar-refractivity contribution in [3.63, 3.8) is 0 Å². The summed E-state index contributed by atoms with van der Waals surface area (Å²) in [6, 6.07) is 6.06. The molecule has 0 aliphatic carbocycles. The molecule has 0 amide bonds. The molecule has 3 rings (SSSR count). The third-order valence-electron chi connectivity index (χ3n) is 4.44. The summed E-state index contributed by atoms with van der Waals surface area (Å²) >= 11 is 0. The molecule has 2 atom stereocenters. The molecule has 1 aromatic carbocycles. The van der Waals surface area contributed by atoms with Gasteiger partial charge < -0.3 is 10.1 Å². The van der Waals surface area contributed by atoms with E-state index in [0.29, 0.717) is 12.1 Å². The fraction of sp³-hybridized carbons (Fsp3) is 0.533. The van der Waals surface area contributed by atoms with E-state index in [1.54, 1.807) is 4.31 Å². The lowest BCUT2D eigenvalue weighted by atomic mass is 10.1. The maximum atomic E-state index is 12.9. The van der Waals surface area contributed by atoms with Crippen LogP contribution in [0.15, 0.2) is 29.2 Å². The lowest BCUT2D eigenvalue weighted by Gasteiger charge is -2.26. The van der Waals surface area contributed by atoms with E-state index in [1.807, 2.05) is 0 Å². The van der Waals surface area contributed by atoms with Crippen LogP contribution in [-0.4, -0.2) is 51.0 Å². The van der Waals surface area contributed by atoms with Gasteiger partial charge in [0.2, 0.25) is 10.0 Å². The van der Waals surface area contributed by atoms with Gasteiger partial charge in [0.05, 0.1) is 17.6 Å². The summed E-state index contributed by atoms with van der Waals surface area (Å²) in [5, 5.41) is 3.30. The fourth-order valence-electron chi connectivity index (χ4n) is 3.33. The van der Waals surface area contributed by atoms with Gasteiger partial charge >= 0.3 is 5.97 Å². The maximum absolute atomic E-state index is 12.9. The van der Waals surface area contributed by atoms with E-state index in [9.17, 15) is 13.2 Å². The van der Waals surface area contributed by atoms with Crippen LogP contribution in [0.1, 0.15) is 29.6 Å². The van der Waals surface area contributed by atoms with E-state index in [1.165, 1.54) is 31.4 Å². The Hall–Kier alpha value is -1.44.